The first kappa shape index (κ1) is 13.1. The molecular weight excluding hydrogens is 240 g/mol. The summed E-state index contributed by atoms with van der Waals surface area (Å²) in [5, 5.41) is 9.00. The van der Waals surface area contributed by atoms with Gasteiger partial charge in [-0.25, -0.2) is 4.79 Å². The van der Waals surface area contributed by atoms with E-state index in [4.69, 9.17) is 16.6 Å². The number of rotatable bonds is 4. The van der Waals surface area contributed by atoms with Gasteiger partial charge in [0.05, 0.1) is 5.56 Å². The van der Waals surface area contributed by atoms with E-state index in [-0.39, 0.29) is 5.56 Å². The average Bonchev–Trinajstić information content (AvgIpc) is 2.39. The molecule has 2 aromatic carbocycles. The Bertz CT molecular complexity index is 592. The Kier molecular flexibility index (Phi) is 3.82. The van der Waals surface area contributed by atoms with Gasteiger partial charge in [-0.1, -0.05) is 24.3 Å². The summed E-state index contributed by atoms with van der Waals surface area (Å²) in [5.41, 5.74) is 15.0. The average molecular weight is 256 g/mol. The molecule has 0 heterocycles. The van der Waals surface area contributed by atoms with E-state index in [9.17, 15) is 4.79 Å². The lowest BCUT2D eigenvalue weighted by Gasteiger charge is -2.06. The molecule has 0 amide bonds. The van der Waals surface area contributed by atoms with Crippen molar-refractivity contribution in [3.63, 3.8) is 0 Å². The van der Waals surface area contributed by atoms with E-state index >= 15 is 0 Å². The molecule has 0 radical (unpaired) electrons. The second kappa shape index (κ2) is 5.54. The van der Waals surface area contributed by atoms with Gasteiger partial charge >= 0.3 is 5.97 Å². The van der Waals surface area contributed by atoms with Crippen LogP contribution >= 0.6 is 0 Å². The Labute approximate surface area is 111 Å². The van der Waals surface area contributed by atoms with Gasteiger partial charge in [0.1, 0.15) is 0 Å². The molecule has 0 aromatic heterocycles. The lowest BCUT2D eigenvalue weighted by molar-refractivity contribution is 0.0697. The van der Waals surface area contributed by atoms with E-state index in [1.807, 2.05) is 24.3 Å². The van der Waals surface area contributed by atoms with Crippen LogP contribution in [0.25, 0.3) is 0 Å². The van der Waals surface area contributed by atoms with E-state index < -0.39 is 5.97 Å². The van der Waals surface area contributed by atoms with Crippen molar-refractivity contribution in [3.8, 4) is 0 Å². The molecule has 2 aromatic rings. The SMILES string of the molecule is NCc1ccc(Cc2cc(N)cc(C(=O)O)c2)cc1. The highest BCUT2D eigenvalue weighted by atomic mass is 16.4. The maximum atomic E-state index is 11.0. The molecule has 2 rings (SSSR count). The van der Waals surface area contributed by atoms with Crippen molar-refractivity contribution in [3.05, 3.63) is 64.7 Å². The third-order valence-corrected chi connectivity index (χ3v) is 2.93. The molecule has 0 aliphatic heterocycles. The Morgan fingerprint density at radius 1 is 1.00 bits per heavy atom. The molecule has 5 N–H and O–H groups in total. The maximum absolute atomic E-state index is 11.0. The molecule has 4 heteroatoms. The summed E-state index contributed by atoms with van der Waals surface area (Å²) in [6, 6.07) is 12.8. The predicted molar refractivity (Wildman–Crippen MR) is 75.0 cm³/mol. The Hall–Kier alpha value is -2.33. The zero-order valence-corrected chi connectivity index (χ0v) is 10.5. The van der Waals surface area contributed by atoms with Crippen LogP contribution in [0.5, 0.6) is 0 Å². The number of anilines is 1. The van der Waals surface area contributed by atoms with Gasteiger partial charge in [-0.3, -0.25) is 0 Å². The van der Waals surface area contributed by atoms with Gasteiger partial charge in [0.25, 0.3) is 0 Å². The van der Waals surface area contributed by atoms with Crippen molar-refractivity contribution >= 4 is 11.7 Å². The zero-order valence-electron chi connectivity index (χ0n) is 10.5. The van der Waals surface area contributed by atoms with Crippen LogP contribution in [0.3, 0.4) is 0 Å². The summed E-state index contributed by atoms with van der Waals surface area (Å²) in [7, 11) is 0. The quantitative estimate of drug-likeness (QED) is 0.730. The first-order valence-corrected chi connectivity index (χ1v) is 5.99. The van der Waals surface area contributed by atoms with E-state index in [1.165, 1.54) is 6.07 Å². The van der Waals surface area contributed by atoms with E-state index in [2.05, 4.69) is 0 Å². The van der Waals surface area contributed by atoms with Gasteiger partial charge in [-0.05, 0) is 41.3 Å². The summed E-state index contributed by atoms with van der Waals surface area (Å²) < 4.78 is 0. The molecular formula is C15H16N2O2. The molecule has 0 aliphatic carbocycles. The number of benzene rings is 2. The van der Waals surface area contributed by atoms with Crippen molar-refractivity contribution in [1.29, 1.82) is 0 Å². The fourth-order valence-corrected chi connectivity index (χ4v) is 1.97. The zero-order chi connectivity index (χ0) is 13.8. The fourth-order valence-electron chi connectivity index (χ4n) is 1.97. The minimum Gasteiger partial charge on any atom is -0.478 e. The van der Waals surface area contributed by atoms with Gasteiger partial charge in [0.2, 0.25) is 0 Å². The second-order valence-electron chi connectivity index (χ2n) is 4.47. The van der Waals surface area contributed by atoms with Crippen LogP contribution in [0, 0.1) is 0 Å². The fraction of sp³-hybridized carbons (Fsp3) is 0.133. The van der Waals surface area contributed by atoms with Gasteiger partial charge in [-0.2, -0.15) is 0 Å². The monoisotopic (exact) mass is 256 g/mol. The Morgan fingerprint density at radius 3 is 2.21 bits per heavy atom. The minimum atomic E-state index is -0.966. The molecule has 0 saturated carbocycles. The third kappa shape index (κ3) is 3.33. The molecule has 0 unspecified atom stereocenters. The maximum Gasteiger partial charge on any atom is 0.335 e. The van der Waals surface area contributed by atoms with Crippen molar-refractivity contribution in [1.82, 2.24) is 0 Å². The number of aromatic carboxylic acids is 1. The van der Waals surface area contributed by atoms with Gasteiger partial charge in [0.15, 0.2) is 0 Å². The smallest absolute Gasteiger partial charge is 0.335 e. The van der Waals surface area contributed by atoms with Crippen LogP contribution in [0.2, 0.25) is 0 Å². The molecule has 4 nitrogen and oxygen atoms in total. The van der Waals surface area contributed by atoms with Gasteiger partial charge < -0.3 is 16.6 Å². The highest BCUT2D eigenvalue weighted by Crippen LogP contribution is 2.16. The first-order valence-electron chi connectivity index (χ1n) is 5.99. The molecule has 0 spiro atoms. The van der Waals surface area contributed by atoms with Crippen LogP contribution in [0.1, 0.15) is 27.0 Å². The first-order chi connectivity index (χ1) is 9.08. The summed E-state index contributed by atoms with van der Waals surface area (Å²) in [6.07, 6.45) is 0.649. The number of hydrogen-bond acceptors (Lipinski definition) is 3. The third-order valence-electron chi connectivity index (χ3n) is 2.93. The lowest BCUT2D eigenvalue weighted by Crippen LogP contribution is -2.01. The molecule has 0 fully saturated rings. The largest absolute Gasteiger partial charge is 0.478 e. The number of carbonyl (C=O) groups is 1. The molecule has 0 aliphatic rings. The normalized spacial score (nSPS) is 10.4. The second-order valence-corrected chi connectivity index (χ2v) is 4.47. The number of nitrogen functional groups attached to an aromatic ring is 1. The number of hydrogen-bond donors (Lipinski definition) is 3. The van der Waals surface area contributed by atoms with E-state index in [1.54, 1.807) is 12.1 Å². The van der Waals surface area contributed by atoms with Crippen molar-refractivity contribution in [2.24, 2.45) is 5.73 Å². The van der Waals surface area contributed by atoms with Crippen LogP contribution in [0.15, 0.2) is 42.5 Å². The van der Waals surface area contributed by atoms with Crippen molar-refractivity contribution in [2.75, 3.05) is 5.73 Å². The van der Waals surface area contributed by atoms with Crippen LogP contribution in [-0.2, 0) is 13.0 Å². The highest BCUT2D eigenvalue weighted by Gasteiger charge is 2.06. The summed E-state index contributed by atoms with van der Waals surface area (Å²) in [4.78, 5) is 11.0. The van der Waals surface area contributed by atoms with Crippen molar-refractivity contribution in [2.45, 2.75) is 13.0 Å². The van der Waals surface area contributed by atoms with Crippen LogP contribution < -0.4 is 11.5 Å². The molecule has 0 atom stereocenters. The predicted octanol–water partition coefficient (Wildman–Crippen LogP) is 2.02. The summed E-state index contributed by atoms with van der Waals surface area (Å²) in [5.74, 6) is -0.966. The van der Waals surface area contributed by atoms with Gasteiger partial charge in [-0.15, -0.1) is 0 Å². The van der Waals surface area contributed by atoms with Gasteiger partial charge in [0, 0.05) is 12.2 Å². The van der Waals surface area contributed by atoms with E-state index in [0.29, 0.717) is 18.7 Å². The van der Waals surface area contributed by atoms with E-state index in [0.717, 1.165) is 16.7 Å². The molecule has 0 bridgehead atoms. The number of nitrogens with two attached hydrogens (primary N) is 2. The van der Waals surface area contributed by atoms with Crippen LogP contribution in [-0.4, -0.2) is 11.1 Å². The molecule has 0 saturated heterocycles. The topological polar surface area (TPSA) is 89.3 Å². The van der Waals surface area contributed by atoms with Crippen molar-refractivity contribution < 1.29 is 9.90 Å². The summed E-state index contributed by atoms with van der Waals surface area (Å²) in [6.45, 7) is 0.516. The minimum absolute atomic E-state index is 0.216. The van der Waals surface area contributed by atoms with Crippen LogP contribution in [0.4, 0.5) is 5.69 Å². The Morgan fingerprint density at radius 2 is 1.63 bits per heavy atom. The Balaban J connectivity index is 2.24. The standard InChI is InChI=1S/C15H16N2O2/c16-9-11-3-1-10(2-4-11)5-12-6-13(15(18)19)8-14(17)7-12/h1-4,6-8H,5,9,16-17H2,(H,18,19). The number of carboxylic acid groups (broad SMARTS) is 1. The number of carboxylic acids is 1. The molecule has 98 valence electrons. The molecule has 19 heavy (non-hydrogen) atoms. The lowest BCUT2D eigenvalue weighted by atomic mass is 10.0. The highest BCUT2D eigenvalue weighted by molar-refractivity contribution is 5.89. The summed E-state index contributed by atoms with van der Waals surface area (Å²) >= 11 is 0.